The summed E-state index contributed by atoms with van der Waals surface area (Å²) in [6.07, 6.45) is 2.17. The van der Waals surface area contributed by atoms with E-state index in [1.165, 1.54) is 7.11 Å². The molecule has 0 spiro atoms. The molecule has 5 heteroatoms. The van der Waals surface area contributed by atoms with Gasteiger partial charge in [0, 0.05) is 11.7 Å². The van der Waals surface area contributed by atoms with E-state index in [0.29, 0.717) is 11.6 Å². The van der Waals surface area contributed by atoms with Crippen molar-refractivity contribution >= 4 is 17.6 Å². The summed E-state index contributed by atoms with van der Waals surface area (Å²) >= 11 is 0. The van der Waals surface area contributed by atoms with E-state index in [-0.39, 0.29) is 18.4 Å². The summed E-state index contributed by atoms with van der Waals surface area (Å²) < 4.78 is 4.60. The van der Waals surface area contributed by atoms with Crippen LogP contribution in [0.3, 0.4) is 0 Å². The predicted octanol–water partition coefficient (Wildman–Crippen LogP) is 1.16. The Morgan fingerprint density at radius 1 is 1.28 bits per heavy atom. The molecule has 1 aromatic rings. The number of carbonyl (C=O) groups is 2. The Bertz CT molecular complexity index is 438. The number of amides is 1. The zero-order valence-corrected chi connectivity index (χ0v) is 10.2. The van der Waals surface area contributed by atoms with E-state index < -0.39 is 0 Å². The average molecular weight is 248 g/mol. The standard InChI is InChI=1S/C13H16N2O3/c1-18-13(17)9-2-4-10(5-3-9)14-8-12(16)15-11-6-7-11/h2-5,11,14H,6-8H2,1H3,(H,15,16). The Morgan fingerprint density at radius 3 is 2.50 bits per heavy atom. The Hall–Kier alpha value is -2.04. The lowest BCUT2D eigenvalue weighted by molar-refractivity contribution is -0.119. The van der Waals surface area contributed by atoms with Crippen LogP contribution < -0.4 is 10.6 Å². The molecule has 0 unspecified atom stereocenters. The van der Waals surface area contributed by atoms with Gasteiger partial charge in [-0.05, 0) is 37.1 Å². The number of benzene rings is 1. The molecule has 0 heterocycles. The number of esters is 1. The van der Waals surface area contributed by atoms with E-state index in [9.17, 15) is 9.59 Å². The van der Waals surface area contributed by atoms with Crippen molar-refractivity contribution in [3.8, 4) is 0 Å². The molecule has 18 heavy (non-hydrogen) atoms. The van der Waals surface area contributed by atoms with Crippen LogP contribution in [0, 0.1) is 0 Å². The van der Waals surface area contributed by atoms with E-state index in [1.54, 1.807) is 24.3 Å². The van der Waals surface area contributed by atoms with Crippen molar-refractivity contribution in [3.05, 3.63) is 29.8 Å². The zero-order chi connectivity index (χ0) is 13.0. The molecule has 1 aliphatic carbocycles. The summed E-state index contributed by atoms with van der Waals surface area (Å²) in [6.45, 7) is 0.244. The van der Waals surface area contributed by atoms with Gasteiger partial charge in [0.1, 0.15) is 0 Å². The smallest absolute Gasteiger partial charge is 0.337 e. The monoisotopic (exact) mass is 248 g/mol. The predicted molar refractivity (Wildman–Crippen MR) is 67.4 cm³/mol. The number of anilines is 1. The van der Waals surface area contributed by atoms with Crippen LogP contribution >= 0.6 is 0 Å². The fraction of sp³-hybridized carbons (Fsp3) is 0.385. The Kier molecular flexibility index (Phi) is 3.82. The Balaban J connectivity index is 1.81. The van der Waals surface area contributed by atoms with Gasteiger partial charge in [-0.15, -0.1) is 0 Å². The van der Waals surface area contributed by atoms with Crippen molar-refractivity contribution < 1.29 is 14.3 Å². The van der Waals surface area contributed by atoms with Crippen molar-refractivity contribution in [2.24, 2.45) is 0 Å². The molecule has 0 aliphatic heterocycles. The molecule has 1 aromatic carbocycles. The van der Waals surface area contributed by atoms with E-state index in [0.717, 1.165) is 18.5 Å². The van der Waals surface area contributed by atoms with Gasteiger partial charge in [-0.25, -0.2) is 4.79 Å². The van der Waals surface area contributed by atoms with Gasteiger partial charge in [-0.1, -0.05) is 0 Å². The van der Waals surface area contributed by atoms with Crippen LogP contribution in [0.1, 0.15) is 23.2 Å². The molecule has 0 radical (unpaired) electrons. The first-order valence-corrected chi connectivity index (χ1v) is 5.90. The Labute approximate surface area is 106 Å². The normalized spacial score (nSPS) is 13.8. The van der Waals surface area contributed by atoms with Gasteiger partial charge in [0.2, 0.25) is 5.91 Å². The molecular weight excluding hydrogens is 232 g/mol. The number of hydrogen-bond acceptors (Lipinski definition) is 4. The second-order valence-electron chi connectivity index (χ2n) is 4.26. The van der Waals surface area contributed by atoms with Gasteiger partial charge >= 0.3 is 5.97 Å². The van der Waals surface area contributed by atoms with Crippen molar-refractivity contribution in [2.45, 2.75) is 18.9 Å². The molecular formula is C13H16N2O3. The summed E-state index contributed by atoms with van der Waals surface area (Å²) in [5, 5.41) is 5.88. The third-order valence-electron chi connectivity index (χ3n) is 2.70. The molecule has 0 atom stereocenters. The lowest BCUT2D eigenvalue weighted by atomic mass is 10.2. The van der Waals surface area contributed by atoms with Gasteiger partial charge in [-0.2, -0.15) is 0 Å². The summed E-state index contributed by atoms with van der Waals surface area (Å²) in [5.41, 5.74) is 1.29. The molecule has 0 aromatic heterocycles. The van der Waals surface area contributed by atoms with Gasteiger partial charge in [0.25, 0.3) is 0 Å². The molecule has 1 amide bonds. The maximum Gasteiger partial charge on any atom is 0.337 e. The number of carbonyl (C=O) groups excluding carboxylic acids is 2. The van der Waals surface area contributed by atoms with Gasteiger partial charge in [0.15, 0.2) is 0 Å². The van der Waals surface area contributed by atoms with Gasteiger partial charge in [0.05, 0.1) is 19.2 Å². The second kappa shape index (κ2) is 5.53. The van der Waals surface area contributed by atoms with Crippen LogP contribution in [0.4, 0.5) is 5.69 Å². The third-order valence-corrected chi connectivity index (χ3v) is 2.70. The highest BCUT2D eigenvalue weighted by atomic mass is 16.5. The fourth-order valence-corrected chi connectivity index (χ4v) is 1.53. The maximum atomic E-state index is 11.4. The number of methoxy groups -OCH3 is 1. The van der Waals surface area contributed by atoms with Crippen LogP contribution in [0.2, 0.25) is 0 Å². The SMILES string of the molecule is COC(=O)c1ccc(NCC(=O)NC2CC2)cc1. The average Bonchev–Trinajstić information content (AvgIpc) is 3.20. The van der Waals surface area contributed by atoms with Gasteiger partial charge < -0.3 is 15.4 Å². The van der Waals surface area contributed by atoms with Crippen molar-refractivity contribution in [1.82, 2.24) is 5.32 Å². The highest BCUT2D eigenvalue weighted by molar-refractivity contribution is 5.89. The summed E-state index contributed by atoms with van der Waals surface area (Å²) in [7, 11) is 1.34. The minimum absolute atomic E-state index is 0.00505. The van der Waals surface area contributed by atoms with Crippen LogP contribution in [0.25, 0.3) is 0 Å². The molecule has 5 nitrogen and oxygen atoms in total. The molecule has 2 N–H and O–H groups in total. The highest BCUT2D eigenvalue weighted by Gasteiger charge is 2.22. The number of ether oxygens (including phenoxy) is 1. The zero-order valence-electron chi connectivity index (χ0n) is 10.2. The summed E-state index contributed by atoms with van der Waals surface area (Å²) in [6, 6.07) is 7.19. The fourth-order valence-electron chi connectivity index (χ4n) is 1.53. The quantitative estimate of drug-likeness (QED) is 0.767. The second-order valence-corrected chi connectivity index (χ2v) is 4.26. The van der Waals surface area contributed by atoms with Gasteiger partial charge in [-0.3, -0.25) is 4.79 Å². The Morgan fingerprint density at radius 2 is 1.94 bits per heavy atom. The number of nitrogens with one attached hydrogen (secondary N) is 2. The lowest BCUT2D eigenvalue weighted by Crippen LogP contribution is -2.31. The van der Waals surface area contributed by atoms with E-state index in [4.69, 9.17) is 0 Å². The molecule has 1 fully saturated rings. The van der Waals surface area contributed by atoms with Crippen molar-refractivity contribution in [3.63, 3.8) is 0 Å². The van der Waals surface area contributed by atoms with Crippen LogP contribution in [0.15, 0.2) is 24.3 Å². The van der Waals surface area contributed by atoms with Crippen LogP contribution in [-0.4, -0.2) is 31.6 Å². The van der Waals surface area contributed by atoms with Crippen LogP contribution in [0.5, 0.6) is 0 Å². The molecule has 2 rings (SSSR count). The molecule has 96 valence electrons. The molecule has 1 aliphatic rings. The van der Waals surface area contributed by atoms with E-state index in [1.807, 2.05) is 0 Å². The lowest BCUT2D eigenvalue weighted by Gasteiger charge is -2.07. The summed E-state index contributed by atoms with van der Waals surface area (Å²) in [5.74, 6) is -0.373. The van der Waals surface area contributed by atoms with Crippen LogP contribution in [-0.2, 0) is 9.53 Å². The van der Waals surface area contributed by atoms with E-state index >= 15 is 0 Å². The first-order valence-electron chi connectivity index (χ1n) is 5.90. The number of hydrogen-bond donors (Lipinski definition) is 2. The van der Waals surface area contributed by atoms with E-state index in [2.05, 4.69) is 15.4 Å². The topological polar surface area (TPSA) is 67.4 Å². The molecule has 0 saturated heterocycles. The minimum Gasteiger partial charge on any atom is -0.465 e. The number of rotatable bonds is 5. The largest absolute Gasteiger partial charge is 0.465 e. The molecule has 1 saturated carbocycles. The minimum atomic E-state index is -0.368. The van der Waals surface area contributed by atoms with Crippen molar-refractivity contribution in [1.29, 1.82) is 0 Å². The highest BCUT2D eigenvalue weighted by Crippen LogP contribution is 2.18. The molecule has 0 bridgehead atoms. The first-order chi connectivity index (χ1) is 8.69. The first kappa shape index (κ1) is 12.4. The third kappa shape index (κ3) is 3.48. The summed E-state index contributed by atoms with van der Waals surface area (Å²) in [4.78, 5) is 22.7. The maximum absolute atomic E-state index is 11.4. The van der Waals surface area contributed by atoms with Crippen molar-refractivity contribution in [2.75, 3.05) is 19.0 Å².